The molecule has 1 fully saturated rings. The first-order chi connectivity index (χ1) is 21.4. The third-order valence-electron chi connectivity index (χ3n) is 8.39. The van der Waals surface area contributed by atoms with Gasteiger partial charge < -0.3 is 5.32 Å². The monoisotopic (exact) mass is 604 g/mol. The number of hydrogen-bond donors (Lipinski definition) is 1. The van der Waals surface area contributed by atoms with E-state index < -0.39 is 0 Å². The first-order valence-corrected chi connectivity index (χ1v) is 15.1. The van der Waals surface area contributed by atoms with Crippen molar-refractivity contribution in [3.05, 3.63) is 125 Å². The Kier molecular flexibility index (Phi) is 7.54. The van der Waals surface area contributed by atoms with Crippen molar-refractivity contribution in [2.45, 2.75) is 32.0 Å². The van der Waals surface area contributed by atoms with Crippen molar-refractivity contribution in [1.82, 2.24) is 30.2 Å². The lowest BCUT2D eigenvalue weighted by molar-refractivity contribution is 0.0939. The SMILES string of the molecule is C[C@@H](c1ccc(F)cc1Cl)n1cc(CN2CCC(NC(=O)c3cc(-c4cccc5ccccc45)nc4ccccc34)C2)nn1. The maximum atomic E-state index is 13.8. The lowest BCUT2D eigenvalue weighted by atomic mass is 9.99. The molecule has 0 bridgehead atoms. The summed E-state index contributed by atoms with van der Waals surface area (Å²) < 4.78 is 15.2. The van der Waals surface area contributed by atoms with E-state index in [-0.39, 0.29) is 23.8 Å². The third kappa shape index (κ3) is 5.54. The highest BCUT2D eigenvalue weighted by molar-refractivity contribution is 6.31. The number of nitrogens with one attached hydrogen (secondary N) is 1. The molecule has 9 heteroatoms. The van der Waals surface area contributed by atoms with Gasteiger partial charge >= 0.3 is 0 Å². The number of pyridine rings is 1. The molecule has 7 nitrogen and oxygen atoms in total. The number of para-hydroxylation sites is 1. The minimum atomic E-state index is -0.372. The van der Waals surface area contributed by atoms with Gasteiger partial charge in [-0.15, -0.1) is 5.10 Å². The number of rotatable bonds is 7. The van der Waals surface area contributed by atoms with E-state index in [2.05, 4.69) is 44.8 Å². The summed E-state index contributed by atoms with van der Waals surface area (Å²) in [6.07, 6.45) is 2.73. The number of fused-ring (bicyclic) bond motifs is 2. The van der Waals surface area contributed by atoms with Gasteiger partial charge in [-0.2, -0.15) is 0 Å². The summed E-state index contributed by atoms with van der Waals surface area (Å²) in [5, 5.41) is 15.4. The molecule has 0 radical (unpaired) electrons. The molecule has 220 valence electrons. The molecule has 1 aliphatic rings. The lowest BCUT2D eigenvalue weighted by Gasteiger charge is -2.17. The fourth-order valence-electron chi connectivity index (χ4n) is 6.09. The Morgan fingerprint density at radius 3 is 2.68 bits per heavy atom. The summed E-state index contributed by atoms with van der Waals surface area (Å²) in [5.74, 6) is -0.476. The Morgan fingerprint density at radius 1 is 1.02 bits per heavy atom. The van der Waals surface area contributed by atoms with Crippen LogP contribution in [0.4, 0.5) is 4.39 Å². The molecule has 6 aromatic rings. The molecule has 1 N–H and O–H groups in total. The molecule has 44 heavy (non-hydrogen) atoms. The van der Waals surface area contributed by atoms with Crippen LogP contribution in [-0.2, 0) is 6.54 Å². The van der Waals surface area contributed by atoms with Gasteiger partial charge in [-0.05, 0) is 53.9 Å². The molecule has 1 aliphatic heterocycles. The van der Waals surface area contributed by atoms with Crippen LogP contribution in [0.5, 0.6) is 0 Å². The molecule has 2 aromatic heterocycles. The highest BCUT2D eigenvalue weighted by Gasteiger charge is 2.26. The smallest absolute Gasteiger partial charge is 0.252 e. The molecule has 4 aromatic carbocycles. The van der Waals surface area contributed by atoms with E-state index in [0.29, 0.717) is 23.7 Å². The van der Waals surface area contributed by atoms with Gasteiger partial charge in [0, 0.05) is 41.6 Å². The molecular formula is C35H30ClFN6O. The zero-order chi connectivity index (χ0) is 30.2. The summed E-state index contributed by atoms with van der Waals surface area (Å²) >= 11 is 6.27. The van der Waals surface area contributed by atoms with Crippen LogP contribution in [-0.4, -0.2) is 49.9 Å². The van der Waals surface area contributed by atoms with Gasteiger partial charge in [0.2, 0.25) is 0 Å². The minimum absolute atomic E-state index is 0.00224. The van der Waals surface area contributed by atoms with Gasteiger partial charge in [0.25, 0.3) is 5.91 Å². The maximum absolute atomic E-state index is 13.8. The highest BCUT2D eigenvalue weighted by Crippen LogP contribution is 2.31. The number of nitrogens with zero attached hydrogens (tertiary/aromatic N) is 5. The maximum Gasteiger partial charge on any atom is 0.252 e. The van der Waals surface area contributed by atoms with Crippen LogP contribution in [0.3, 0.4) is 0 Å². The predicted octanol–water partition coefficient (Wildman–Crippen LogP) is 7.05. The van der Waals surface area contributed by atoms with Crippen LogP contribution >= 0.6 is 11.6 Å². The van der Waals surface area contributed by atoms with Gasteiger partial charge in [-0.1, -0.05) is 83.5 Å². The second kappa shape index (κ2) is 11.8. The quantitative estimate of drug-likeness (QED) is 0.211. The van der Waals surface area contributed by atoms with Crippen LogP contribution in [0.15, 0.2) is 97.2 Å². The van der Waals surface area contributed by atoms with E-state index >= 15 is 0 Å². The zero-order valence-corrected chi connectivity index (χ0v) is 24.9. The summed E-state index contributed by atoms with van der Waals surface area (Å²) in [5.41, 5.74) is 4.78. The van der Waals surface area contributed by atoms with Crippen LogP contribution in [0.1, 0.15) is 41.0 Å². The first kappa shape index (κ1) is 28.1. The van der Waals surface area contributed by atoms with Crippen molar-refractivity contribution in [2.24, 2.45) is 0 Å². The number of aromatic nitrogens is 4. The van der Waals surface area contributed by atoms with Crippen molar-refractivity contribution in [3.63, 3.8) is 0 Å². The molecule has 1 saturated heterocycles. The number of amides is 1. The van der Waals surface area contributed by atoms with Crippen LogP contribution in [0.2, 0.25) is 5.02 Å². The van der Waals surface area contributed by atoms with E-state index in [1.807, 2.05) is 61.7 Å². The molecule has 1 unspecified atom stereocenters. The van der Waals surface area contributed by atoms with Gasteiger partial charge in [0.15, 0.2) is 0 Å². The largest absolute Gasteiger partial charge is 0.348 e. The van der Waals surface area contributed by atoms with Crippen LogP contribution in [0.25, 0.3) is 32.9 Å². The summed E-state index contributed by atoms with van der Waals surface area (Å²) in [4.78, 5) is 21.0. The molecule has 1 amide bonds. The normalized spacial score (nSPS) is 16.0. The Hall–Kier alpha value is -4.66. The Bertz CT molecular complexity index is 2000. The first-order valence-electron chi connectivity index (χ1n) is 14.7. The van der Waals surface area contributed by atoms with Crippen molar-refractivity contribution in [2.75, 3.05) is 13.1 Å². The fourth-order valence-corrected chi connectivity index (χ4v) is 6.42. The summed E-state index contributed by atoms with van der Waals surface area (Å²) in [6, 6.07) is 28.3. The topological polar surface area (TPSA) is 75.9 Å². The number of carbonyl (C=O) groups excluding carboxylic acids is 1. The summed E-state index contributed by atoms with van der Waals surface area (Å²) in [7, 11) is 0. The second-order valence-corrected chi connectivity index (χ2v) is 11.7. The number of likely N-dealkylation sites (tertiary alicyclic amines) is 1. The number of benzene rings is 4. The molecule has 0 aliphatic carbocycles. The molecule has 2 atom stereocenters. The molecule has 7 rings (SSSR count). The highest BCUT2D eigenvalue weighted by atomic mass is 35.5. The third-order valence-corrected chi connectivity index (χ3v) is 8.71. The Labute approximate surface area is 259 Å². The Balaban J connectivity index is 1.06. The van der Waals surface area contributed by atoms with Gasteiger partial charge in [0.05, 0.1) is 34.7 Å². The van der Waals surface area contributed by atoms with E-state index in [4.69, 9.17) is 16.6 Å². The zero-order valence-electron chi connectivity index (χ0n) is 24.1. The fraction of sp³-hybridized carbons (Fsp3) is 0.200. The second-order valence-electron chi connectivity index (χ2n) is 11.3. The average molecular weight is 605 g/mol. The standard InChI is InChI=1S/C35H30ClFN6O/c1-22(27-14-13-24(37)17-32(27)36)43-21-26(40-41-43)20-42-16-15-25(19-42)38-35(44)31-18-34(39-33-12-5-4-10-30(31)33)29-11-6-8-23-7-2-3-9-28(23)29/h2-14,17-18,21-22,25H,15-16,19-20H2,1H3,(H,38,44)/t22-,25?/m0/s1. The van der Waals surface area contributed by atoms with Crippen molar-refractivity contribution in [1.29, 1.82) is 0 Å². The van der Waals surface area contributed by atoms with Gasteiger partial charge in [0.1, 0.15) is 5.82 Å². The van der Waals surface area contributed by atoms with Gasteiger partial charge in [-0.25, -0.2) is 14.1 Å². The van der Waals surface area contributed by atoms with E-state index in [1.165, 1.54) is 12.1 Å². The number of hydrogen-bond acceptors (Lipinski definition) is 5. The summed E-state index contributed by atoms with van der Waals surface area (Å²) in [6.45, 7) is 4.10. The van der Waals surface area contributed by atoms with Crippen molar-refractivity contribution < 1.29 is 9.18 Å². The van der Waals surface area contributed by atoms with Gasteiger partial charge in [-0.3, -0.25) is 9.69 Å². The molecule has 0 saturated carbocycles. The molecule has 3 heterocycles. The van der Waals surface area contributed by atoms with Crippen molar-refractivity contribution >= 4 is 39.2 Å². The van der Waals surface area contributed by atoms with E-state index in [1.54, 1.807) is 10.7 Å². The van der Waals surface area contributed by atoms with Crippen LogP contribution < -0.4 is 5.32 Å². The number of carbonyl (C=O) groups is 1. The Morgan fingerprint density at radius 2 is 1.82 bits per heavy atom. The van der Waals surface area contributed by atoms with Crippen molar-refractivity contribution in [3.8, 4) is 11.3 Å². The minimum Gasteiger partial charge on any atom is -0.348 e. The van der Waals surface area contributed by atoms with E-state index in [9.17, 15) is 9.18 Å². The van der Waals surface area contributed by atoms with E-state index in [0.717, 1.165) is 57.2 Å². The molecular weight excluding hydrogens is 575 g/mol. The number of halogens is 2. The van der Waals surface area contributed by atoms with Crippen LogP contribution in [0, 0.1) is 5.82 Å². The average Bonchev–Trinajstić information content (AvgIpc) is 3.69. The lowest BCUT2D eigenvalue weighted by Crippen LogP contribution is -2.37. The predicted molar refractivity (Wildman–Crippen MR) is 171 cm³/mol. The molecule has 0 spiro atoms.